The van der Waals surface area contributed by atoms with E-state index in [1.807, 2.05) is 43.9 Å². The fourth-order valence-electron chi connectivity index (χ4n) is 2.37. The maximum Gasteiger partial charge on any atom is 0.259 e. The lowest BCUT2D eigenvalue weighted by Gasteiger charge is -2.10. The molecule has 0 radical (unpaired) electrons. The van der Waals surface area contributed by atoms with E-state index in [1.54, 1.807) is 10.7 Å². The minimum Gasteiger partial charge on any atom is -0.469 e. The Bertz CT molecular complexity index is 828. The number of carbonyl (C=O) groups is 1. The SMILES string of the molecule is CN(C)CCCNC(=O)c1c(OCc2ccccn2)nn2ccsc12. The van der Waals surface area contributed by atoms with Crippen molar-refractivity contribution in [1.29, 1.82) is 0 Å². The molecule has 3 heterocycles. The maximum absolute atomic E-state index is 12.6. The van der Waals surface area contributed by atoms with Gasteiger partial charge < -0.3 is 15.0 Å². The molecule has 7 nitrogen and oxygen atoms in total. The standard InChI is InChI=1S/C17H21N5O2S/c1-21(2)9-5-8-19-15(23)14-16(20-22-10-11-25-17(14)22)24-12-13-6-3-4-7-18-13/h3-4,6-7,10-11H,5,8-9,12H2,1-2H3,(H,19,23). The molecule has 0 atom stereocenters. The van der Waals surface area contributed by atoms with Gasteiger partial charge in [-0.3, -0.25) is 9.78 Å². The second-order valence-corrected chi connectivity index (χ2v) is 6.75. The van der Waals surface area contributed by atoms with Gasteiger partial charge in [0.2, 0.25) is 5.88 Å². The summed E-state index contributed by atoms with van der Waals surface area (Å²) in [5.74, 6) is 0.176. The first-order chi connectivity index (χ1) is 12.1. The van der Waals surface area contributed by atoms with Crippen molar-refractivity contribution < 1.29 is 9.53 Å². The number of amides is 1. The lowest BCUT2D eigenvalue weighted by Crippen LogP contribution is -2.27. The molecule has 25 heavy (non-hydrogen) atoms. The molecule has 8 heteroatoms. The second-order valence-electron chi connectivity index (χ2n) is 5.86. The zero-order valence-corrected chi connectivity index (χ0v) is 15.1. The van der Waals surface area contributed by atoms with Crippen LogP contribution in [0.25, 0.3) is 4.83 Å². The minimum atomic E-state index is -0.160. The fourth-order valence-corrected chi connectivity index (χ4v) is 3.19. The number of ether oxygens (including phenoxy) is 1. The van der Waals surface area contributed by atoms with Gasteiger partial charge >= 0.3 is 0 Å². The molecule has 3 rings (SSSR count). The number of hydrogen-bond acceptors (Lipinski definition) is 6. The normalized spacial score (nSPS) is 11.2. The van der Waals surface area contributed by atoms with Crippen LogP contribution >= 0.6 is 11.3 Å². The summed E-state index contributed by atoms with van der Waals surface area (Å²) < 4.78 is 7.45. The summed E-state index contributed by atoms with van der Waals surface area (Å²) in [6.07, 6.45) is 4.41. The van der Waals surface area contributed by atoms with Gasteiger partial charge in [0.05, 0.1) is 5.69 Å². The van der Waals surface area contributed by atoms with Gasteiger partial charge in [-0.2, -0.15) is 0 Å². The Morgan fingerprint density at radius 1 is 1.40 bits per heavy atom. The highest BCUT2D eigenvalue weighted by molar-refractivity contribution is 7.16. The summed E-state index contributed by atoms with van der Waals surface area (Å²) in [6.45, 7) is 1.80. The Labute approximate surface area is 150 Å². The number of thiazole rings is 1. The van der Waals surface area contributed by atoms with Crippen molar-refractivity contribution in [2.45, 2.75) is 13.0 Å². The summed E-state index contributed by atoms with van der Waals surface area (Å²) in [4.78, 5) is 19.7. The predicted octanol–water partition coefficient (Wildman–Crippen LogP) is 2.05. The van der Waals surface area contributed by atoms with Crippen molar-refractivity contribution in [2.75, 3.05) is 27.2 Å². The number of nitrogens with zero attached hydrogens (tertiary/aromatic N) is 4. The lowest BCUT2D eigenvalue weighted by atomic mass is 10.3. The van der Waals surface area contributed by atoms with Crippen LogP contribution in [0.3, 0.4) is 0 Å². The number of carbonyl (C=O) groups excluding carboxylic acids is 1. The van der Waals surface area contributed by atoms with E-state index < -0.39 is 0 Å². The molecular weight excluding hydrogens is 338 g/mol. The molecule has 0 aliphatic carbocycles. The van der Waals surface area contributed by atoms with Crippen LogP contribution in [0.5, 0.6) is 5.88 Å². The van der Waals surface area contributed by atoms with Gasteiger partial charge in [-0.25, -0.2) is 4.52 Å². The van der Waals surface area contributed by atoms with Gasteiger partial charge in [-0.15, -0.1) is 16.4 Å². The van der Waals surface area contributed by atoms with E-state index in [9.17, 15) is 4.79 Å². The largest absolute Gasteiger partial charge is 0.469 e. The van der Waals surface area contributed by atoms with Crippen molar-refractivity contribution in [3.05, 3.63) is 47.2 Å². The van der Waals surface area contributed by atoms with Crippen molar-refractivity contribution in [3.63, 3.8) is 0 Å². The van der Waals surface area contributed by atoms with Crippen LogP contribution in [0.2, 0.25) is 0 Å². The van der Waals surface area contributed by atoms with Gasteiger partial charge in [-0.05, 0) is 39.2 Å². The molecule has 0 fully saturated rings. The topological polar surface area (TPSA) is 71.8 Å². The van der Waals surface area contributed by atoms with Crippen LogP contribution in [-0.2, 0) is 6.61 Å². The maximum atomic E-state index is 12.6. The molecule has 132 valence electrons. The molecule has 0 aliphatic heterocycles. The zero-order chi connectivity index (χ0) is 17.6. The molecule has 3 aromatic rings. The summed E-state index contributed by atoms with van der Waals surface area (Å²) in [7, 11) is 4.02. The number of aromatic nitrogens is 3. The zero-order valence-electron chi connectivity index (χ0n) is 14.3. The van der Waals surface area contributed by atoms with Crippen molar-refractivity contribution in [2.24, 2.45) is 0 Å². The average molecular weight is 359 g/mol. The summed E-state index contributed by atoms with van der Waals surface area (Å²) in [6, 6.07) is 5.62. The van der Waals surface area contributed by atoms with Crippen LogP contribution in [0.4, 0.5) is 0 Å². The van der Waals surface area contributed by atoms with E-state index in [0.29, 0.717) is 18.0 Å². The van der Waals surface area contributed by atoms with Gasteiger partial charge in [0.25, 0.3) is 5.91 Å². The third-order valence-corrected chi connectivity index (χ3v) is 4.47. The molecule has 0 aromatic carbocycles. The van der Waals surface area contributed by atoms with E-state index in [1.165, 1.54) is 11.3 Å². The number of nitrogens with one attached hydrogen (secondary N) is 1. The fraction of sp³-hybridized carbons (Fsp3) is 0.353. The van der Waals surface area contributed by atoms with Crippen molar-refractivity contribution in [1.82, 2.24) is 24.8 Å². The lowest BCUT2D eigenvalue weighted by molar-refractivity contribution is 0.0949. The van der Waals surface area contributed by atoms with E-state index in [2.05, 4.69) is 20.3 Å². The van der Waals surface area contributed by atoms with Crippen LogP contribution in [0.15, 0.2) is 36.0 Å². The Hall–Kier alpha value is -2.45. The highest BCUT2D eigenvalue weighted by Crippen LogP contribution is 2.26. The van der Waals surface area contributed by atoms with Gasteiger partial charge in [0, 0.05) is 24.3 Å². The van der Waals surface area contributed by atoms with Crippen LogP contribution in [0.1, 0.15) is 22.5 Å². The van der Waals surface area contributed by atoms with Crippen molar-refractivity contribution in [3.8, 4) is 5.88 Å². The van der Waals surface area contributed by atoms with Gasteiger partial charge in [0.1, 0.15) is 17.0 Å². The Morgan fingerprint density at radius 3 is 3.04 bits per heavy atom. The monoisotopic (exact) mass is 359 g/mol. The highest BCUT2D eigenvalue weighted by atomic mass is 32.1. The van der Waals surface area contributed by atoms with Crippen LogP contribution < -0.4 is 10.1 Å². The quantitative estimate of drug-likeness (QED) is 0.623. The summed E-state index contributed by atoms with van der Waals surface area (Å²) in [5, 5.41) is 9.22. The average Bonchev–Trinajstić information content (AvgIpc) is 3.18. The molecule has 0 saturated heterocycles. The molecule has 3 aromatic heterocycles. The first-order valence-electron chi connectivity index (χ1n) is 8.06. The van der Waals surface area contributed by atoms with Gasteiger partial charge in [0.15, 0.2) is 0 Å². The molecule has 0 aliphatic rings. The van der Waals surface area contributed by atoms with Crippen molar-refractivity contribution >= 4 is 22.1 Å². The van der Waals surface area contributed by atoms with E-state index in [0.717, 1.165) is 23.5 Å². The minimum absolute atomic E-state index is 0.160. The third kappa shape index (κ3) is 4.34. The number of hydrogen-bond donors (Lipinski definition) is 1. The predicted molar refractivity (Wildman–Crippen MR) is 97.1 cm³/mol. The smallest absolute Gasteiger partial charge is 0.259 e. The molecular formula is C17H21N5O2S. The molecule has 1 amide bonds. The van der Waals surface area contributed by atoms with Gasteiger partial charge in [-0.1, -0.05) is 6.07 Å². The van der Waals surface area contributed by atoms with Crippen LogP contribution in [0, 0.1) is 0 Å². The second kappa shape index (κ2) is 8.09. The Morgan fingerprint density at radius 2 is 2.28 bits per heavy atom. The molecule has 0 unspecified atom stereocenters. The number of pyridine rings is 1. The Balaban J connectivity index is 1.71. The first kappa shape index (κ1) is 17.4. The van der Waals surface area contributed by atoms with Crippen LogP contribution in [-0.4, -0.2) is 52.6 Å². The van der Waals surface area contributed by atoms with E-state index >= 15 is 0 Å². The number of fused-ring (bicyclic) bond motifs is 1. The molecule has 0 spiro atoms. The molecule has 0 saturated carbocycles. The highest BCUT2D eigenvalue weighted by Gasteiger charge is 2.22. The first-order valence-corrected chi connectivity index (χ1v) is 8.94. The number of rotatable bonds is 8. The molecule has 1 N–H and O–H groups in total. The van der Waals surface area contributed by atoms with E-state index in [-0.39, 0.29) is 12.5 Å². The summed E-state index contributed by atoms with van der Waals surface area (Å²) in [5.41, 5.74) is 1.27. The summed E-state index contributed by atoms with van der Waals surface area (Å²) >= 11 is 1.46. The Kier molecular flexibility index (Phi) is 5.62. The van der Waals surface area contributed by atoms with E-state index in [4.69, 9.17) is 4.74 Å². The molecule has 0 bridgehead atoms. The third-order valence-electron chi connectivity index (χ3n) is 3.59.